The second kappa shape index (κ2) is 8.10. The number of hydrogen-bond donors (Lipinski definition) is 0. The average Bonchev–Trinajstić information content (AvgIpc) is 3.15. The summed E-state index contributed by atoms with van der Waals surface area (Å²) in [6.45, 7) is 1.45. The third-order valence-corrected chi connectivity index (χ3v) is 5.07. The lowest BCUT2D eigenvalue weighted by molar-refractivity contribution is -0.137. The van der Waals surface area contributed by atoms with Crippen molar-refractivity contribution in [3.63, 3.8) is 0 Å². The zero-order valence-corrected chi connectivity index (χ0v) is 15.9. The normalized spacial score (nSPS) is 11.4. The van der Waals surface area contributed by atoms with Gasteiger partial charge < -0.3 is 0 Å². The topological polar surface area (TPSA) is 34.1 Å². The van der Waals surface area contributed by atoms with Gasteiger partial charge >= 0.3 is 6.18 Å². The molecule has 0 unspecified atom stereocenters. The molecule has 3 aromatic rings. The standard InChI is InChI=1S/C22H17F3O2S/c1-14(26)16-5-6-21(17-7-8-28-13-17)18(11-16)12-20(27)10-15-3-2-4-19(9-15)22(23,24)25/h2-9,11,13H,10,12H2,1H3. The third kappa shape index (κ3) is 4.75. The van der Waals surface area contributed by atoms with Gasteiger partial charge in [-0.2, -0.15) is 24.5 Å². The van der Waals surface area contributed by atoms with Crippen molar-refractivity contribution in [2.75, 3.05) is 0 Å². The largest absolute Gasteiger partial charge is 0.416 e. The van der Waals surface area contributed by atoms with Crippen LogP contribution < -0.4 is 0 Å². The lowest BCUT2D eigenvalue weighted by Crippen LogP contribution is -2.10. The quantitative estimate of drug-likeness (QED) is 0.475. The van der Waals surface area contributed by atoms with Crippen molar-refractivity contribution >= 4 is 22.9 Å². The Morgan fingerprint density at radius 2 is 1.79 bits per heavy atom. The summed E-state index contributed by atoms with van der Waals surface area (Å²) in [4.78, 5) is 24.3. The van der Waals surface area contributed by atoms with Gasteiger partial charge in [-0.15, -0.1) is 0 Å². The molecule has 0 aliphatic rings. The second-order valence-electron chi connectivity index (χ2n) is 6.53. The number of ketones is 2. The van der Waals surface area contributed by atoms with Crippen molar-refractivity contribution in [2.24, 2.45) is 0 Å². The smallest absolute Gasteiger partial charge is 0.299 e. The van der Waals surface area contributed by atoms with Gasteiger partial charge in [-0.1, -0.05) is 30.3 Å². The number of Topliss-reactive ketones (excluding diaryl/α,β-unsaturated/α-hetero) is 2. The summed E-state index contributed by atoms with van der Waals surface area (Å²) in [7, 11) is 0. The van der Waals surface area contributed by atoms with E-state index in [1.54, 1.807) is 12.1 Å². The minimum atomic E-state index is -4.44. The molecule has 1 heterocycles. The van der Waals surface area contributed by atoms with Crippen LogP contribution in [-0.2, 0) is 23.8 Å². The van der Waals surface area contributed by atoms with Crippen LogP contribution in [0.1, 0.15) is 34.0 Å². The van der Waals surface area contributed by atoms with Crippen LogP contribution in [0.2, 0.25) is 0 Å². The van der Waals surface area contributed by atoms with Crippen LogP contribution in [0.5, 0.6) is 0 Å². The number of carbonyl (C=O) groups excluding carboxylic acids is 2. The van der Waals surface area contributed by atoms with Gasteiger partial charge in [-0.05, 0) is 58.1 Å². The van der Waals surface area contributed by atoms with E-state index in [-0.39, 0.29) is 24.4 Å². The number of halogens is 3. The molecule has 0 fully saturated rings. The van der Waals surface area contributed by atoms with E-state index in [0.29, 0.717) is 16.7 Å². The Hall–Kier alpha value is -2.73. The van der Waals surface area contributed by atoms with Crippen molar-refractivity contribution in [3.05, 3.63) is 81.5 Å². The highest BCUT2D eigenvalue weighted by atomic mass is 32.1. The van der Waals surface area contributed by atoms with Crippen LogP contribution in [0.3, 0.4) is 0 Å². The Morgan fingerprint density at radius 3 is 2.43 bits per heavy atom. The molecule has 3 rings (SSSR count). The summed E-state index contributed by atoms with van der Waals surface area (Å²) < 4.78 is 38.6. The van der Waals surface area contributed by atoms with E-state index >= 15 is 0 Å². The number of hydrogen-bond acceptors (Lipinski definition) is 3. The Kier molecular flexibility index (Phi) is 5.79. The molecule has 0 bridgehead atoms. The number of alkyl halides is 3. The molecule has 0 saturated heterocycles. The lowest BCUT2D eigenvalue weighted by atomic mass is 9.93. The van der Waals surface area contributed by atoms with E-state index in [4.69, 9.17) is 0 Å². The van der Waals surface area contributed by atoms with Gasteiger partial charge in [-0.25, -0.2) is 0 Å². The number of thiophene rings is 1. The molecule has 144 valence electrons. The summed E-state index contributed by atoms with van der Waals surface area (Å²) >= 11 is 1.52. The van der Waals surface area contributed by atoms with Crippen LogP contribution in [-0.4, -0.2) is 11.6 Å². The van der Waals surface area contributed by atoms with Gasteiger partial charge in [0.1, 0.15) is 5.78 Å². The van der Waals surface area contributed by atoms with Gasteiger partial charge in [0, 0.05) is 18.4 Å². The molecule has 0 saturated carbocycles. The van der Waals surface area contributed by atoms with Crippen LogP contribution in [0.4, 0.5) is 13.2 Å². The predicted molar refractivity (Wildman–Crippen MR) is 104 cm³/mol. The first-order chi connectivity index (χ1) is 13.2. The highest BCUT2D eigenvalue weighted by Crippen LogP contribution is 2.30. The molecule has 0 aliphatic heterocycles. The summed E-state index contributed by atoms with van der Waals surface area (Å²) in [6.07, 6.45) is -4.50. The Balaban J connectivity index is 1.85. The first-order valence-electron chi connectivity index (χ1n) is 8.58. The summed E-state index contributed by atoms with van der Waals surface area (Å²) in [5.74, 6) is -0.319. The minimum absolute atomic E-state index is 0.0442. The monoisotopic (exact) mass is 402 g/mol. The minimum Gasteiger partial charge on any atom is -0.299 e. The average molecular weight is 402 g/mol. The third-order valence-electron chi connectivity index (χ3n) is 4.39. The first kappa shape index (κ1) is 20.0. The number of carbonyl (C=O) groups is 2. The molecule has 6 heteroatoms. The molecule has 2 nitrogen and oxygen atoms in total. The highest BCUT2D eigenvalue weighted by Gasteiger charge is 2.30. The Bertz CT molecular complexity index is 1000. The van der Waals surface area contributed by atoms with Crippen LogP contribution in [0.15, 0.2) is 59.3 Å². The van der Waals surface area contributed by atoms with Crippen LogP contribution in [0.25, 0.3) is 11.1 Å². The molecule has 2 aromatic carbocycles. The predicted octanol–water partition coefficient (Wildman–Crippen LogP) is 5.99. The maximum atomic E-state index is 12.9. The summed E-state index contributed by atoms with van der Waals surface area (Å²) in [5.41, 5.74) is 2.55. The fourth-order valence-corrected chi connectivity index (χ4v) is 3.67. The van der Waals surface area contributed by atoms with Crippen molar-refractivity contribution in [3.8, 4) is 11.1 Å². The second-order valence-corrected chi connectivity index (χ2v) is 7.31. The Labute approximate surface area is 164 Å². The number of rotatable bonds is 6. The van der Waals surface area contributed by atoms with Gasteiger partial charge in [0.2, 0.25) is 0 Å². The molecule has 0 amide bonds. The van der Waals surface area contributed by atoms with E-state index in [0.717, 1.165) is 23.3 Å². The molecular formula is C22H17F3O2S. The molecule has 28 heavy (non-hydrogen) atoms. The van der Waals surface area contributed by atoms with E-state index in [1.807, 2.05) is 22.9 Å². The molecule has 1 aromatic heterocycles. The number of benzene rings is 2. The van der Waals surface area contributed by atoms with Gasteiger partial charge in [0.25, 0.3) is 0 Å². The summed E-state index contributed by atoms with van der Waals surface area (Å²) in [5, 5.41) is 3.87. The van der Waals surface area contributed by atoms with Crippen molar-refractivity contribution in [1.82, 2.24) is 0 Å². The molecule has 0 N–H and O–H groups in total. The molecule has 0 aliphatic carbocycles. The SMILES string of the molecule is CC(=O)c1ccc(-c2ccsc2)c(CC(=O)Cc2cccc(C(F)(F)F)c2)c1. The van der Waals surface area contributed by atoms with Crippen LogP contribution in [0, 0.1) is 0 Å². The lowest BCUT2D eigenvalue weighted by Gasteiger charge is -2.11. The highest BCUT2D eigenvalue weighted by molar-refractivity contribution is 7.08. The van der Waals surface area contributed by atoms with Gasteiger partial charge in [0.15, 0.2) is 5.78 Å². The zero-order valence-electron chi connectivity index (χ0n) is 15.0. The van der Waals surface area contributed by atoms with E-state index in [1.165, 1.54) is 30.4 Å². The molecule has 0 atom stereocenters. The van der Waals surface area contributed by atoms with Crippen LogP contribution >= 0.6 is 11.3 Å². The molecule has 0 radical (unpaired) electrons. The maximum Gasteiger partial charge on any atom is 0.416 e. The van der Waals surface area contributed by atoms with Gasteiger partial charge in [0.05, 0.1) is 5.56 Å². The molecule has 0 spiro atoms. The molecular weight excluding hydrogens is 385 g/mol. The van der Waals surface area contributed by atoms with Crippen molar-refractivity contribution < 1.29 is 22.8 Å². The van der Waals surface area contributed by atoms with Crippen molar-refractivity contribution in [1.29, 1.82) is 0 Å². The maximum absolute atomic E-state index is 12.9. The van der Waals surface area contributed by atoms with Crippen molar-refractivity contribution in [2.45, 2.75) is 25.9 Å². The van der Waals surface area contributed by atoms with Gasteiger partial charge in [-0.3, -0.25) is 9.59 Å². The first-order valence-corrected chi connectivity index (χ1v) is 9.52. The van der Waals surface area contributed by atoms with E-state index in [9.17, 15) is 22.8 Å². The Morgan fingerprint density at radius 1 is 1.00 bits per heavy atom. The van der Waals surface area contributed by atoms with E-state index in [2.05, 4.69) is 0 Å². The zero-order chi connectivity index (χ0) is 20.3. The fourth-order valence-electron chi connectivity index (χ4n) is 3.02. The fraction of sp³-hybridized carbons (Fsp3) is 0.182. The summed E-state index contributed by atoms with van der Waals surface area (Å²) in [6, 6.07) is 12.0. The van der Waals surface area contributed by atoms with E-state index < -0.39 is 11.7 Å².